The zero-order valence-corrected chi connectivity index (χ0v) is 23.2. The van der Waals surface area contributed by atoms with E-state index in [2.05, 4.69) is 5.32 Å². The summed E-state index contributed by atoms with van der Waals surface area (Å²) in [5.41, 5.74) is 1.87. The molecule has 1 aromatic heterocycles. The molecule has 192 valence electrons. The number of halogens is 3. The minimum Gasteiger partial charge on any atom is -0.332 e. The molecule has 3 rings (SSSR count). The molecule has 1 N–H and O–H groups in total. The zero-order valence-electron chi connectivity index (χ0n) is 20.9. The normalized spacial score (nSPS) is 12.3. The van der Waals surface area contributed by atoms with Crippen LogP contribution in [0.25, 0.3) is 5.69 Å². The van der Waals surface area contributed by atoms with E-state index in [9.17, 15) is 9.59 Å². The molecule has 1 atom stereocenters. The van der Waals surface area contributed by atoms with Crippen molar-refractivity contribution in [3.05, 3.63) is 75.9 Å². The van der Waals surface area contributed by atoms with Crippen LogP contribution in [0, 0.1) is 0 Å². The Morgan fingerprint density at radius 2 is 1.75 bits per heavy atom. The molecule has 0 bridgehead atoms. The average molecular weight is 550 g/mol. The van der Waals surface area contributed by atoms with Gasteiger partial charge < -0.3 is 10.2 Å². The second-order valence-electron chi connectivity index (χ2n) is 9.61. The molecular formula is C27H31Cl3N4O2. The lowest BCUT2D eigenvalue weighted by molar-refractivity contribution is -0.134. The number of unbranched alkanes of at least 4 members (excludes halogenated alkanes) is 1. The lowest BCUT2D eigenvalue weighted by atomic mass is 9.92. The lowest BCUT2D eigenvalue weighted by Crippen LogP contribution is -2.40. The predicted molar refractivity (Wildman–Crippen MR) is 147 cm³/mol. The van der Waals surface area contributed by atoms with E-state index in [4.69, 9.17) is 39.9 Å². The summed E-state index contributed by atoms with van der Waals surface area (Å²) in [6, 6.07) is 16.1. The number of hydrogen-bond acceptors (Lipinski definition) is 3. The van der Waals surface area contributed by atoms with Gasteiger partial charge in [0, 0.05) is 18.0 Å². The largest absolute Gasteiger partial charge is 0.332 e. The van der Waals surface area contributed by atoms with Gasteiger partial charge in [-0.05, 0) is 30.2 Å². The summed E-state index contributed by atoms with van der Waals surface area (Å²) in [5, 5.41) is 7.56. The van der Waals surface area contributed by atoms with E-state index in [-0.39, 0.29) is 23.8 Å². The number of amides is 2. The highest BCUT2D eigenvalue weighted by Gasteiger charge is 2.27. The average Bonchev–Trinajstić information content (AvgIpc) is 3.27. The molecule has 2 aromatic carbocycles. The molecule has 0 aliphatic rings. The van der Waals surface area contributed by atoms with Crippen molar-refractivity contribution >= 4 is 52.4 Å². The highest BCUT2D eigenvalue weighted by molar-refractivity contribution is 6.42. The number of benzene rings is 2. The van der Waals surface area contributed by atoms with Gasteiger partial charge in [-0.25, -0.2) is 4.68 Å². The number of carbonyl (C=O) groups excluding carboxylic acids is 2. The van der Waals surface area contributed by atoms with Crippen molar-refractivity contribution in [2.75, 3.05) is 18.4 Å². The third-order valence-corrected chi connectivity index (χ3v) is 6.81. The molecule has 6 nitrogen and oxygen atoms in total. The molecule has 0 aliphatic carbocycles. The monoisotopic (exact) mass is 548 g/mol. The maximum Gasteiger partial charge on any atom is 0.245 e. The van der Waals surface area contributed by atoms with Crippen molar-refractivity contribution in [3.8, 4) is 5.69 Å². The number of rotatable bonds is 9. The Bertz CT molecular complexity index is 1210. The molecule has 1 heterocycles. The van der Waals surface area contributed by atoms with Crippen LogP contribution in [0.3, 0.4) is 0 Å². The fraction of sp³-hybridized carbons (Fsp3) is 0.370. The van der Waals surface area contributed by atoms with Gasteiger partial charge in [0.1, 0.15) is 11.2 Å². The summed E-state index contributed by atoms with van der Waals surface area (Å²) in [6.07, 6.45) is 1.63. The Morgan fingerprint density at radius 1 is 1.06 bits per heavy atom. The van der Waals surface area contributed by atoms with Gasteiger partial charge in [0.25, 0.3) is 0 Å². The van der Waals surface area contributed by atoms with Crippen LogP contribution >= 0.6 is 34.8 Å². The maximum absolute atomic E-state index is 13.2. The lowest BCUT2D eigenvalue weighted by Gasteiger charge is -2.24. The Kier molecular flexibility index (Phi) is 9.45. The van der Waals surface area contributed by atoms with Crippen molar-refractivity contribution in [3.63, 3.8) is 0 Å². The Labute approximate surface area is 227 Å². The molecule has 1 unspecified atom stereocenters. The molecule has 0 radical (unpaired) electrons. The molecule has 36 heavy (non-hydrogen) atoms. The first-order valence-corrected chi connectivity index (χ1v) is 13.0. The van der Waals surface area contributed by atoms with Gasteiger partial charge in [-0.2, -0.15) is 5.10 Å². The quantitative estimate of drug-likeness (QED) is 0.292. The topological polar surface area (TPSA) is 67.2 Å². The van der Waals surface area contributed by atoms with Crippen LogP contribution in [0.2, 0.25) is 10.0 Å². The predicted octanol–water partition coefficient (Wildman–Crippen LogP) is 7.02. The number of alkyl halides is 1. The van der Waals surface area contributed by atoms with E-state index in [0.29, 0.717) is 33.7 Å². The summed E-state index contributed by atoms with van der Waals surface area (Å²) in [6.45, 7) is 8.44. The Hall–Kier alpha value is -2.54. The summed E-state index contributed by atoms with van der Waals surface area (Å²) < 4.78 is 1.62. The van der Waals surface area contributed by atoms with Crippen molar-refractivity contribution in [1.29, 1.82) is 0 Å². The van der Waals surface area contributed by atoms with Crippen molar-refractivity contribution in [2.45, 2.75) is 51.3 Å². The van der Waals surface area contributed by atoms with E-state index in [1.807, 2.05) is 52.0 Å². The van der Waals surface area contributed by atoms with E-state index in [0.717, 1.165) is 18.5 Å². The molecule has 0 saturated carbocycles. The third kappa shape index (κ3) is 7.02. The van der Waals surface area contributed by atoms with Gasteiger partial charge in [0.05, 0.1) is 28.0 Å². The molecule has 0 spiro atoms. The minimum absolute atomic E-state index is 0.133. The standard InChI is InChI=1S/C27H31Cl3N4O2/c1-5-6-14-33(26(36)25(30)18-10-8-7-9-11-18)17-24(35)31-23-16-22(27(2,3)4)32-34(23)19-12-13-20(28)21(29)15-19/h7-13,15-16,25H,5-6,14,17H2,1-4H3,(H,31,35). The molecule has 9 heteroatoms. The third-order valence-electron chi connectivity index (χ3n) is 5.63. The van der Waals surface area contributed by atoms with Gasteiger partial charge in [0.2, 0.25) is 11.8 Å². The summed E-state index contributed by atoms with van der Waals surface area (Å²) in [5.74, 6) is -0.186. The van der Waals surface area contributed by atoms with Gasteiger partial charge >= 0.3 is 0 Å². The zero-order chi connectivity index (χ0) is 26.5. The number of aromatic nitrogens is 2. The van der Waals surface area contributed by atoms with E-state index in [1.165, 1.54) is 4.90 Å². The molecule has 0 saturated heterocycles. The fourth-order valence-corrected chi connectivity index (χ4v) is 4.12. The number of nitrogens with one attached hydrogen (secondary N) is 1. The van der Waals surface area contributed by atoms with Crippen molar-refractivity contribution < 1.29 is 9.59 Å². The number of nitrogens with zero attached hydrogens (tertiary/aromatic N) is 3. The highest BCUT2D eigenvalue weighted by Crippen LogP contribution is 2.30. The SMILES string of the molecule is CCCCN(CC(=O)Nc1cc(C(C)(C)C)nn1-c1ccc(Cl)c(Cl)c1)C(=O)C(Cl)c1ccccc1. The smallest absolute Gasteiger partial charge is 0.245 e. The molecule has 0 fully saturated rings. The molecule has 2 amide bonds. The van der Waals surface area contributed by atoms with Gasteiger partial charge in [-0.1, -0.05) is 87.6 Å². The number of anilines is 1. The van der Waals surface area contributed by atoms with Crippen LogP contribution in [0.4, 0.5) is 5.82 Å². The van der Waals surface area contributed by atoms with Crippen LogP contribution in [0.1, 0.15) is 57.2 Å². The molecule has 0 aliphatic heterocycles. The highest BCUT2D eigenvalue weighted by atomic mass is 35.5. The molecular weight excluding hydrogens is 519 g/mol. The first kappa shape index (κ1) is 28.0. The van der Waals surface area contributed by atoms with Crippen molar-refractivity contribution in [1.82, 2.24) is 14.7 Å². The van der Waals surface area contributed by atoms with Crippen LogP contribution in [-0.4, -0.2) is 39.6 Å². The van der Waals surface area contributed by atoms with Gasteiger partial charge in [-0.3, -0.25) is 9.59 Å². The van der Waals surface area contributed by atoms with E-state index in [1.54, 1.807) is 35.0 Å². The number of carbonyl (C=O) groups is 2. The second-order valence-corrected chi connectivity index (χ2v) is 10.9. The second kappa shape index (κ2) is 12.1. The summed E-state index contributed by atoms with van der Waals surface area (Å²) in [7, 11) is 0. The van der Waals surface area contributed by atoms with Crippen molar-refractivity contribution in [2.24, 2.45) is 0 Å². The molecule has 3 aromatic rings. The van der Waals surface area contributed by atoms with Gasteiger partial charge in [0.15, 0.2) is 0 Å². The number of hydrogen-bond donors (Lipinski definition) is 1. The summed E-state index contributed by atoms with van der Waals surface area (Å²) >= 11 is 18.8. The Balaban J connectivity index is 1.86. The van der Waals surface area contributed by atoms with Crippen LogP contribution < -0.4 is 5.32 Å². The van der Waals surface area contributed by atoms with Crippen LogP contribution in [0.5, 0.6) is 0 Å². The maximum atomic E-state index is 13.2. The fourth-order valence-electron chi connectivity index (χ4n) is 3.55. The Morgan fingerprint density at radius 3 is 2.36 bits per heavy atom. The van der Waals surface area contributed by atoms with Crippen LogP contribution in [0.15, 0.2) is 54.6 Å². The van der Waals surface area contributed by atoms with E-state index >= 15 is 0 Å². The first-order chi connectivity index (χ1) is 17.0. The van der Waals surface area contributed by atoms with E-state index < -0.39 is 5.38 Å². The van der Waals surface area contributed by atoms with Gasteiger partial charge in [-0.15, -0.1) is 11.6 Å². The van der Waals surface area contributed by atoms with Crippen LogP contribution in [-0.2, 0) is 15.0 Å². The summed E-state index contributed by atoms with van der Waals surface area (Å²) in [4.78, 5) is 27.9. The first-order valence-electron chi connectivity index (χ1n) is 11.8. The minimum atomic E-state index is -0.870.